The van der Waals surface area contributed by atoms with Gasteiger partial charge in [-0.3, -0.25) is 0 Å². The minimum atomic E-state index is -4.02. The summed E-state index contributed by atoms with van der Waals surface area (Å²) >= 11 is 11.8. The highest BCUT2D eigenvalue weighted by Gasteiger charge is 2.19. The maximum Gasteiger partial charge on any atom is 0.284 e. The van der Waals surface area contributed by atoms with Crippen LogP contribution in [0.15, 0.2) is 82.1 Å². The Hall–Kier alpha value is -2.74. The van der Waals surface area contributed by atoms with Crippen LogP contribution in [-0.2, 0) is 10.0 Å². The molecule has 0 aliphatic heterocycles. The van der Waals surface area contributed by atoms with E-state index >= 15 is 0 Å². The number of nitrogens with zero attached hydrogens (tertiary/aromatic N) is 4. The average molecular weight is 431 g/mol. The number of halogens is 2. The molecule has 6 nitrogen and oxygen atoms in total. The second kappa shape index (κ2) is 7.35. The number of hydrogen-bond acceptors (Lipinski definition) is 4. The van der Waals surface area contributed by atoms with Crippen molar-refractivity contribution in [3.63, 3.8) is 0 Å². The third kappa shape index (κ3) is 3.64. The summed E-state index contributed by atoms with van der Waals surface area (Å²) < 4.78 is 31.3. The Morgan fingerprint density at radius 3 is 2.14 bits per heavy atom. The first-order chi connectivity index (χ1) is 13.4. The number of sulfonamides is 1. The fourth-order valence-corrected chi connectivity index (χ4v) is 3.86. The number of fused-ring (bicyclic) bond motifs is 1. The van der Waals surface area contributed by atoms with Crippen molar-refractivity contribution >= 4 is 50.1 Å². The topological polar surface area (TPSA) is 77.2 Å². The molecular weight excluding hydrogens is 419 g/mol. The van der Waals surface area contributed by atoms with E-state index in [4.69, 9.17) is 23.2 Å². The van der Waals surface area contributed by atoms with Crippen LogP contribution in [0.5, 0.6) is 0 Å². The SMILES string of the molecule is O=S(=O)(/N=C(\c1ccc(Cl)cc1)n1nnc2ccccc21)c1ccc(Cl)cc1. The van der Waals surface area contributed by atoms with E-state index in [0.29, 0.717) is 26.6 Å². The van der Waals surface area contributed by atoms with Crippen molar-refractivity contribution in [3.05, 3.63) is 88.4 Å². The summed E-state index contributed by atoms with van der Waals surface area (Å²) in [6.07, 6.45) is 0. The first-order valence-electron chi connectivity index (χ1n) is 8.11. The van der Waals surface area contributed by atoms with E-state index in [1.165, 1.54) is 28.9 Å². The van der Waals surface area contributed by atoms with Crippen LogP contribution in [0, 0.1) is 0 Å². The Morgan fingerprint density at radius 2 is 1.46 bits per heavy atom. The van der Waals surface area contributed by atoms with Gasteiger partial charge >= 0.3 is 0 Å². The van der Waals surface area contributed by atoms with E-state index in [-0.39, 0.29) is 10.7 Å². The molecular formula is C19H12Cl2N4O2S. The number of para-hydroxylation sites is 1. The molecule has 140 valence electrons. The number of benzene rings is 3. The van der Waals surface area contributed by atoms with Crippen LogP contribution < -0.4 is 0 Å². The smallest absolute Gasteiger partial charge is 0.199 e. The molecule has 0 atom stereocenters. The van der Waals surface area contributed by atoms with Crippen molar-refractivity contribution < 1.29 is 8.42 Å². The number of aromatic nitrogens is 3. The molecule has 3 aromatic carbocycles. The minimum Gasteiger partial charge on any atom is -0.199 e. The zero-order valence-corrected chi connectivity index (χ0v) is 16.5. The number of hydrogen-bond donors (Lipinski definition) is 0. The molecule has 1 heterocycles. The van der Waals surface area contributed by atoms with Gasteiger partial charge in [0.25, 0.3) is 10.0 Å². The lowest BCUT2D eigenvalue weighted by atomic mass is 10.2. The van der Waals surface area contributed by atoms with E-state index in [1.54, 1.807) is 36.4 Å². The van der Waals surface area contributed by atoms with E-state index in [2.05, 4.69) is 14.7 Å². The van der Waals surface area contributed by atoms with Gasteiger partial charge in [0.05, 0.1) is 10.4 Å². The highest BCUT2D eigenvalue weighted by atomic mass is 35.5. The van der Waals surface area contributed by atoms with Crippen molar-refractivity contribution in [2.45, 2.75) is 4.90 Å². The largest absolute Gasteiger partial charge is 0.284 e. The van der Waals surface area contributed by atoms with Crippen molar-refractivity contribution in [1.82, 2.24) is 15.0 Å². The molecule has 0 N–H and O–H groups in total. The van der Waals surface area contributed by atoms with Crippen molar-refractivity contribution in [3.8, 4) is 0 Å². The van der Waals surface area contributed by atoms with Gasteiger partial charge in [0.2, 0.25) is 0 Å². The summed E-state index contributed by atoms with van der Waals surface area (Å²) in [7, 11) is -4.02. The fraction of sp³-hybridized carbons (Fsp3) is 0. The molecule has 0 radical (unpaired) electrons. The third-order valence-corrected chi connectivity index (χ3v) is 5.76. The predicted octanol–water partition coefficient (Wildman–Crippen LogP) is 4.42. The highest BCUT2D eigenvalue weighted by Crippen LogP contribution is 2.20. The van der Waals surface area contributed by atoms with Gasteiger partial charge in [-0.25, -0.2) is 0 Å². The Bertz CT molecular complexity index is 1280. The van der Waals surface area contributed by atoms with Crippen LogP contribution in [0.2, 0.25) is 10.0 Å². The Kier molecular flexibility index (Phi) is 4.89. The van der Waals surface area contributed by atoms with Crippen molar-refractivity contribution in [1.29, 1.82) is 0 Å². The van der Waals surface area contributed by atoms with Crippen LogP contribution in [0.3, 0.4) is 0 Å². The second-order valence-corrected chi connectivity index (χ2v) is 8.32. The zero-order valence-electron chi connectivity index (χ0n) is 14.2. The highest BCUT2D eigenvalue weighted by molar-refractivity contribution is 7.90. The summed E-state index contributed by atoms with van der Waals surface area (Å²) in [6.45, 7) is 0. The van der Waals surface area contributed by atoms with Crippen LogP contribution in [0.4, 0.5) is 0 Å². The third-order valence-electron chi connectivity index (χ3n) is 3.97. The molecule has 28 heavy (non-hydrogen) atoms. The maximum atomic E-state index is 12.9. The van der Waals surface area contributed by atoms with Crippen LogP contribution in [-0.4, -0.2) is 29.2 Å². The molecule has 0 fully saturated rings. The molecule has 0 aliphatic carbocycles. The van der Waals surface area contributed by atoms with Crippen LogP contribution in [0.25, 0.3) is 11.0 Å². The second-order valence-electron chi connectivity index (χ2n) is 5.84. The van der Waals surface area contributed by atoms with Gasteiger partial charge in [0, 0.05) is 15.6 Å². The van der Waals surface area contributed by atoms with E-state index in [1.807, 2.05) is 12.1 Å². The molecule has 4 rings (SSSR count). The van der Waals surface area contributed by atoms with Gasteiger partial charge in [0.1, 0.15) is 5.52 Å². The Balaban J connectivity index is 1.94. The van der Waals surface area contributed by atoms with E-state index in [9.17, 15) is 8.42 Å². The number of rotatable bonds is 3. The first-order valence-corrected chi connectivity index (χ1v) is 10.3. The monoisotopic (exact) mass is 430 g/mol. The Morgan fingerprint density at radius 1 is 0.857 bits per heavy atom. The molecule has 9 heteroatoms. The summed E-state index contributed by atoms with van der Waals surface area (Å²) in [5.41, 5.74) is 1.77. The van der Waals surface area contributed by atoms with E-state index < -0.39 is 10.0 Å². The average Bonchev–Trinajstić information content (AvgIpc) is 3.11. The summed E-state index contributed by atoms with van der Waals surface area (Å²) in [5, 5.41) is 9.15. The lowest BCUT2D eigenvalue weighted by molar-refractivity contribution is 0.597. The molecule has 0 aliphatic rings. The summed E-state index contributed by atoms with van der Waals surface area (Å²) in [4.78, 5) is 0.0211. The van der Waals surface area contributed by atoms with Gasteiger partial charge < -0.3 is 0 Å². The van der Waals surface area contributed by atoms with Crippen molar-refractivity contribution in [2.24, 2.45) is 4.40 Å². The lowest BCUT2D eigenvalue weighted by Gasteiger charge is -2.08. The molecule has 0 saturated carbocycles. The van der Waals surface area contributed by atoms with Gasteiger partial charge in [-0.2, -0.15) is 13.1 Å². The lowest BCUT2D eigenvalue weighted by Crippen LogP contribution is -2.17. The van der Waals surface area contributed by atoms with Gasteiger partial charge in [-0.1, -0.05) is 40.5 Å². The first kappa shape index (κ1) is 18.6. The quantitative estimate of drug-likeness (QED) is 0.355. The van der Waals surface area contributed by atoms with Gasteiger partial charge in [-0.05, 0) is 60.7 Å². The van der Waals surface area contributed by atoms with Gasteiger partial charge in [0.15, 0.2) is 5.84 Å². The van der Waals surface area contributed by atoms with Crippen LogP contribution >= 0.6 is 23.2 Å². The fourth-order valence-electron chi connectivity index (χ4n) is 2.61. The molecule has 0 bridgehead atoms. The molecule has 0 amide bonds. The normalized spacial score (nSPS) is 12.4. The van der Waals surface area contributed by atoms with Crippen LogP contribution in [0.1, 0.15) is 5.56 Å². The molecule has 0 spiro atoms. The summed E-state index contributed by atoms with van der Waals surface area (Å²) in [6, 6.07) is 19.7. The molecule has 4 aromatic rings. The molecule has 0 unspecified atom stereocenters. The maximum absolute atomic E-state index is 12.9. The van der Waals surface area contributed by atoms with Gasteiger partial charge in [-0.15, -0.1) is 9.50 Å². The predicted molar refractivity (Wildman–Crippen MR) is 110 cm³/mol. The van der Waals surface area contributed by atoms with E-state index in [0.717, 1.165) is 0 Å². The minimum absolute atomic E-state index is 0.0211. The standard InChI is InChI=1S/C19H12Cl2N4O2S/c20-14-7-5-13(6-8-14)19(25-18-4-2-1-3-17(18)22-24-25)23-28(26,27)16-11-9-15(21)10-12-16/h1-12H/b23-19+. The summed E-state index contributed by atoms with van der Waals surface area (Å²) in [5.74, 6) is 0.111. The Labute approximate surface area is 171 Å². The molecule has 1 aromatic heterocycles. The van der Waals surface area contributed by atoms with Crippen molar-refractivity contribution in [2.75, 3.05) is 0 Å². The zero-order chi connectivity index (χ0) is 19.7. The molecule has 0 saturated heterocycles.